The summed E-state index contributed by atoms with van der Waals surface area (Å²) in [7, 11) is 0. The number of nitrogens with zero attached hydrogens (tertiary/aromatic N) is 2. The van der Waals surface area contributed by atoms with Gasteiger partial charge in [0.25, 0.3) is 6.71 Å². The Labute approximate surface area is 491 Å². The molecule has 0 aromatic heterocycles. The molecule has 0 saturated carbocycles. The van der Waals surface area contributed by atoms with Gasteiger partial charge in [0.05, 0.1) is 11.4 Å². The van der Waals surface area contributed by atoms with E-state index in [4.69, 9.17) is 0 Å². The summed E-state index contributed by atoms with van der Waals surface area (Å²) in [5.74, 6) is 0. The van der Waals surface area contributed by atoms with Crippen LogP contribution >= 0.6 is 0 Å². The van der Waals surface area contributed by atoms with E-state index in [2.05, 4.69) is 297 Å². The summed E-state index contributed by atoms with van der Waals surface area (Å²) >= 11 is 0. The Bertz CT molecular complexity index is 4190. The summed E-state index contributed by atoms with van der Waals surface area (Å²) in [6, 6.07) is 90.3. The van der Waals surface area contributed by atoms with E-state index in [1.807, 2.05) is 24.3 Å². The van der Waals surface area contributed by atoms with Crippen LogP contribution in [0.3, 0.4) is 0 Å². The summed E-state index contributed by atoms with van der Waals surface area (Å²) in [6.45, 7) is 17.9. The molecule has 0 amide bonds. The van der Waals surface area contributed by atoms with Gasteiger partial charge in [0.2, 0.25) is 0 Å². The first-order valence-corrected chi connectivity index (χ1v) is 29.0. The van der Waals surface area contributed by atoms with E-state index < -0.39 is 6.85 Å². The van der Waals surface area contributed by atoms with Gasteiger partial charge in [-0.05, 0) is 155 Å². The fourth-order valence-electron chi connectivity index (χ4n) is 12.6. The Balaban J connectivity index is 1.27. The Morgan fingerprint density at radius 1 is 0.293 bits per heavy atom. The standard InChI is InChI=1S/C79H71BN2/c1-52-43-71-69(51-63(52)54-31-19-12-20-32-54)80-68-44-59(53-29-17-11-18-30-53)41-42-70(68)81(75-64(55-33-21-13-22-34-55)45-60(77(2,3)4)46-65(75)56-35-23-14-24-36-56)72-49-62(79(8,9)10)50-73(74(72)80)82(71)76-66(57-37-25-15-26-38-57)47-61(78(5,6)7)48-67(76)58-39-27-16-28-40-58/h11-51H,1-10H3/i1D3. The topological polar surface area (TPSA) is 6.48 Å². The first-order valence-electron chi connectivity index (χ1n) is 30.5. The molecule has 0 N–H and O–H groups in total. The van der Waals surface area contributed by atoms with Crippen molar-refractivity contribution in [3.63, 3.8) is 0 Å². The lowest BCUT2D eigenvalue weighted by Gasteiger charge is -2.47. The van der Waals surface area contributed by atoms with Crippen LogP contribution in [-0.2, 0) is 16.2 Å². The third-order valence-electron chi connectivity index (χ3n) is 17.0. The van der Waals surface area contributed by atoms with Gasteiger partial charge in [0.1, 0.15) is 0 Å². The third-order valence-corrected chi connectivity index (χ3v) is 17.0. The molecular formula is C79H71BN2. The molecular weight excluding hydrogens is 988 g/mol. The zero-order valence-corrected chi connectivity index (χ0v) is 48.6. The minimum absolute atomic E-state index is 0.184. The molecule has 2 aliphatic rings. The van der Waals surface area contributed by atoms with Crippen LogP contribution < -0.4 is 26.2 Å². The molecule has 11 aromatic rings. The van der Waals surface area contributed by atoms with Crippen LogP contribution in [0.5, 0.6) is 0 Å². The molecule has 0 bridgehead atoms. The molecule has 3 heteroatoms. The largest absolute Gasteiger partial charge is 0.310 e. The Hall–Kier alpha value is -8.92. The maximum Gasteiger partial charge on any atom is 0.252 e. The fourth-order valence-corrected chi connectivity index (χ4v) is 12.6. The highest BCUT2D eigenvalue weighted by molar-refractivity contribution is 7.00. The third kappa shape index (κ3) is 9.27. The molecule has 11 aromatic carbocycles. The molecule has 13 rings (SSSR count). The predicted octanol–water partition coefficient (Wildman–Crippen LogP) is 20.0. The Morgan fingerprint density at radius 2 is 0.622 bits per heavy atom. The molecule has 2 aliphatic heterocycles. The second kappa shape index (κ2) is 20.3. The van der Waals surface area contributed by atoms with Gasteiger partial charge in [0, 0.05) is 49.1 Å². The van der Waals surface area contributed by atoms with Crippen molar-refractivity contribution in [3.8, 4) is 66.8 Å². The zero-order chi connectivity index (χ0) is 59.2. The van der Waals surface area contributed by atoms with E-state index in [0.29, 0.717) is 11.1 Å². The number of benzene rings is 11. The van der Waals surface area contributed by atoms with Gasteiger partial charge >= 0.3 is 0 Å². The number of hydrogen-bond donors (Lipinski definition) is 0. The highest BCUT2D eigenvalue weighted by Crippen LogP contribution is 2.55. The monoisotopic (exact) mass is 1060 g/mol. The predicted molar refractivity (Wildman–Crippen MR) is 354 cm³/mol. The van der Waals surface area contributed by atoms with Crippen LogP contribution in [0.2, 0.25) is 0 Å². The average Bonchev–Trinajstić information content (AvgIpc) is 0.754. The maximum absolute atomic E-state index is 9.51. The van der Waals surface area contributed by atoms with E-state index in [1.54, 1.807) is 0 Å². The summed E-state index contributed by atoms with van der Waals surface area (Å²) in [6.07, 6.45) is 0. The maximum atomic E-state index is 9.51. The van der Waals surface area contributed by atoms with Crippen molar-refractivity contribution >= 4 is 57.2 Å². The van der Waals surface area contributed by atoms with Crippen LogP contribution in [0.4, 0.5) is 34.1 Å². The average molecular weight is 1060 g/mol. The van der Waals surface area contributed by atoms with Crippen LogP contribution in [0.15, 0.2) is 249 Å². The first-order chi connectivity index (χ1) is 40.7. The van der Waals surface area contributed by atoms with Crippen LogP contribution in [-0.4, -0.2) is 6.71 Å². The van der Waals surface area contributed by atoms with Gasteiger partial charge in [-0.15, -0.1) is 0 Å². The second-order valence-corrected chi connectivity index (χ2v) is 25.5. The molecule has 82 heavy (non-hydrogen) atoms. The van der Waals surface area contributed by atoms with Crippen molar-refractivity contribution in [2.24, 2.45) is 0 Å². The van der Waals surface area contributed by atoms with Gasteiger partial charge in [-0.25, -0.2) is 0 Å². The number of fused-ring (bicyclic) bond motifs is 4. The van der Waals surface area contributed by atoms with Crippen molar-refractivity contribution in [2.75, 3.05) is 9.80 Å². The first kappa shape index (κ1) is 48.9. The lowest BCUT2D eigenvalue weighted by atomic mass is 9.33. The second-order valence-electron chi connectivity index (χ2n) is 25.5. The van der Waals surface area contributed by atoms with Crippen LogP contribution in [0.1, 0.15) is 88.7 Å². The van der Waals surface area contributed by atoms with Crippen molar-refractivity contribution in [1.29, 1.82) is 0 Å². The van der Waals surface area contributed by atoms with Crippen LogP contribution in [0.25, 0.3) is 66.8 Å². The van der Waals surface area contributed by atoms with Crippen molar-refractivity contribution in [2.45, 2.75) is 85.4 Å². The van der Waals surface area contributed by atoms with Crippen molar-refractivity contribution in [3.05, 3.63) is 271 Å². The summed E-state index contributed by atoms with van der Waals surface area (Å²) in [5, 5.41) is 0. The number of rotatable bonds is 8. The van der Waals surface area contributed by atoms with E-state index in [1.165, 1.54) is 11.1 Å². The Morgan fingerprint density at radius 3 is 0.988 bits per heavy atom. The molecule has 2 nitrogen and oxygen atoms in total. The van der Waals surface area contributed by atoms with Gasteiger partial charge in [-0.2, -0.15) is 0 Å². The minimum Gasteiger partial charge on any atom is -0.310 e. The lowest BCUT2D eigenvalue weighted by molar-refractivity contribution is 0.590. The summed E-state index contributed by atoms with van der Waals surface area (Å²) in [5.41, 5.74) is 25.1. The van der Waals surface area contributed by atoms with Crippen molar-refractivity contribution < 1.29 is 4.11 Å². The molecule has 0 fully saturated rings. The summed E-state index contributed by atoms with van der Waals surface area (Å²) < 4.78 is 28.5. The molecule has 0 spiro atoms. The molecule has 400 valence electrons. The van der Waals surface area contributed by atoms with E-state index in [0.717, 1.165) is 117 Å². The van der Waals surface area contributed by atoms with Crippen molar-refractivity contribution in [1.82, 2.24) is 0 Å². The van der Waals surface area contributed by atoms with E-state index in [-0.39, 0.29) is 23.0 Å². The fraction of sp³-hybridized carbons (Fsp3) is 0.165. The van der Waals surface area contributed by atoms with E-state index >= 15 is 0 Å². The molecule has 0 saturated heterocycles. The molecule has 2 heterocycles. The molecule has 0 atom stereocenters. The normalized spacial score (nSPS) is 13.6. The minimum atomic E-state index is -2.48. The van der Waals surface area contributed by atoms with Gasteiger partial charge < -0.3 is 9.80 Å². The van der Waals surface area contributed by atoms with Crippen LogP contribution in [0, 0.1) is 6.85 Å². The number of hydrogen-bond acceptors (Lipinski definition) is 2. The zero-order valence-electron chi connectivity index (χ0n) is 51.6. The quantitative estimate of drug-likeness (QED) is 0.140. The molecule has 0 aliphatic carbocycles. The molecule has 0 unspecified atom stereocenters. The van der Waals surface area contributed by atoms with E-state index in [9.17, 15) is 4.11 Å². The highest BCUT2D eigenvalue weighted by Gasteiger charge is 2.46. The van der Waals surface area contributed by atoms with Gasteiger partial charge in [0.15, 0.2) is 0 Å². The number of aryl methyl sites for hydroxylation is 1. The van der Waals surface area contributed by atoms with Gasteiger partial charge in [-0.1, -0.05) is 263 Å². The highest BCUT2D eigenvalue weighted by atomic mass is 15.2. The Kier molecular flexibility index (Phi) is 12.1. The van der Waals surface area contributed by atoms with Gasteiger partial charge in [-0.3, -0.25) is 0 Å². The lowest BCUT2D eigenvalue weighted by Crippen LogP contribution is -2.61. The summed E-state index contributed by atoms with van der Waals surface area (Å²) in [4.78, 5) is 5.10. The smallest absolute Gasteiger partial charge is 0.252 e. The number of anilines is 6. The SMILES string of the molecule is [2H]C([2H])([2H])c1cc2c(cc1-c1ccccc1)B1c3cc(-c4ccccc4)ccc3N(c3c(-c4ccccc4)cc(C(C)(C)C)cc3-c3ccccc3)c3cc(C(C)(C)C)cc(c31)N2c1c(-c2ccccc2)cc(C(C)(C)C)cc1-c1ccccc1. The molecule has 0 radical (unpaired) electrons.